The van der Waals surface area contributed by atoms with E-state index in [1.165, 1.54) is 5.56 Å². The normalized spacial score (nSPS) is 26.9. The number of aryl methyl sites for hydroxylation is 3. The standard InChI is InChI=1S/C25H30O4/c1-16-13-17(2)21(18(3)14-16)22-23(28-15-19-7-5-4-6-8-19)25(29-24(22)27)11-9-20(26)10-12-25/h4-8,13-14,20,24,26-27H,9-12,15H2,1-3H3/t20-,24?,25+. The first-order valence-corrected chi connectivity index (χ1v) is 10.4. The predicted octanol–water partition coefficient (Wildman–Crippen LogP) is 4.56. The van der Waals surface area contributed by atoms with Gasteiger partial charge in [-0.1, -0.05) is 48.0 Å². The molecule has 0 aromatic heterocycles. The van der Waals surface area contributed by atoms with Crippen LogP contribution >= 0.6 is 0 Å². The highest BCUT2D eigenvalue weighted by molar-refractivity contribution is 5.77. The molecule has 0 radical (unpaired) electrons. The van der Waals surface area contributed by atoms with Crippen molar-refractivity contribution < 1.29 is 19.7 Å². The number of hydrogen-bond acceptors (Lipinski definition) is 4. The van der Waals surface area contributed by atoms with Crippen LogP contribution in [0.25, 0.3) is 5.57 Å². The number of benzene rings is 2. The van der Waals surface area contributed by atoms with E-state index in [0.717, 1.165) is 33.6 Å². The van der Waals surface area contributed by atoms with Gasteiger partial charge in [-0.25, -0.2) is 0 Å². The van der Waals surface area contributed by atoms with Crippen molar-refractivity contribution in [2.75, 3.05) is 0 Å². The molecule has 4 heteroatoms. The second kappa shape index (κ2) is 7.94. The highest BCUT2D eigenvalue weighted by atomic mass is 16.6. The fourth-order valence-corrected chi connectivity index (χ4v) is 4.88. The molecule has 1 saturated carbocycles. The van der Waals surface area contributed by atoms with E-state index in [-0.39, 0.29) is 6.10 Å². The molecular formula is C25H30O4. The van der Waals surface area contributed by atoms with Crippen LogP contribution in [0.5, 0.6) is 0 Å². The third-order valence-corrected chi connectivity index (χ3v) is 6.18. The number of rotatable bonds is 4. The highest BCUT2D eigenvalue weighted by Gasteiger charge is 2.50. The molecule has 4 rings (SSSR count). The fourth-order valence-electron chi connectivity index (χ4n) is 4.88. The molecule has 2 N–H and O–H groups in total. The largest absolute Gasteiger partial charge is 0.490 e. The lowest BCUT2D eigenvalue weighted by Gasteiger charge is -2.36. The van der Waals surface area contributed by atoms with Gasteiger partial charge in [-0.2, -0.15) is 0 Å². The van der Waals surface area contributed by atoms with Crippen LogP contribution in [0.1, 0.15) is 53.5 Å². The highest BCUT2D eigenvalue weighted by Crippen LogP contribution is 2.49. The van der Waals surface area contributed by atoms with Crippen LogP contribution in [-0.4, -0.2) is 28.2 Å². The van der Waals surface area contributed by atoms with E-state index in [9.17, 15) is 10.2 Å². The Morgan fingerprint density at radius 3 is 2.24 bits per heavy atom. The molecule has 1 spiro atoms. The maximum absolute atomic E-state index is 11.0. The quantitative estimate of drug-likeness (QED) is 0.798. The minimum Gasteiger partial charge on any atom is -0.490 e. The molecule has 1 aliphatic heterocycles. The van der Waals surface area contributed by atoms with Gasteiger partial charge in [0.2, 0.25) is 0 Å². The minimum atomic E-state index is -1.03. The molecule has 0 saturated heterocycles. The summed E-state index contributed by atoms with van der Waals surface area (Å²) in [5.41, 5.74) is 5.56. The average molecular weight is 395 g/mol. The van der Waals surface area contributed by atoms with Crippen LogP contribution < -0.4 is 0 Å². The van der Waals surface area contributed by atoms with E-state index in [1.807, 2.05) is 30.3 Å². The van der Waals surface area contributed by atoms with Crippen LogP contribution in [-0.2, 0) is 16.1 Å². The molecular weight excluding hydrogens is 364 g/mol. The topological polar surface area (TPSA) is 58.9 Å². The van der Waals surface area contributed by atoms with Crippen molar-refractivity contribution in [2.24, 2.45) is 0 Å². The lowest BCUT2D eigenvalue weighted by molar-refractivity contribution is -0.155. The van der Waals surface area contributed by atoms with E-state index in [0.29, 0.717) is 32.3 Å². The summed E-state index contributed by atoms with van der Waals surface area (Å²) in [4.78, 5) is 0. The summed E-state index contributed by atoms with van der Waals surface area (Å²) in [5.74, 6) is 0.732. The summed E-state index contributed by atoms with van der Waals surface area (Å²) in [6.45, 7) is 6.64. The van der Waals surface area contributed by atoms with Gasteiger partial charge in [0.15, 0.2) is 6.29 Å². The molecule has 1 atom stereocenters. The fraction of sp³-hybridized carbons (Fsp3) is 0.440. The lowest BCUT2D eigenvalue weighted by Crippen LogP contribution is -2.39. The summed E-state index contributed by atoms with van der Waals surface area (Å²) in [6.07, 6.45) is 1.22. The summed E-state index contributed by atoms with van der Waals surface area (Å²) < 4.78 is 12.6. The van der Waals surface area contributed by atoms with Crippen LogP contribution in [0.4, 0.5) is 0 Å². The van der Waals surface area contributed by atoms with Gasteiger partial charge in [0.1, 0.15) is 18.0 Å². The molecule has 1 heterocycles. The van der Waals surface area contributed by atoms with Crippen molar-refractivity contribution in [1.82, 2.24) is 0 Å². The Hall–Kier alpha value is -2.14. The van der Waals surface area contributed by atoms with Crippen molar-refractivity contribution in [1.29, 1.82) is 0 Å². The first-order chi connectivity index (χ1) is 13.9. The molecule has 1 fully saturated rings. The Morgan fingerprint density at radius 2 is 1.62 bits per heavy atom. The van der Waals surface area contributed by atoms with Gasteiger partial charge in [0.25, 0.3) is 0 Å². The second-order valence-electron chi connectivity index (χ2n) is 8.49. The lowest BCUT2D eigenvalue weighted by atomic mass is 9.80. The Balaban J connectivity index is 1.80. The molecule has 4 nitrogen and oxygen atoms in total. The van der Waals surface area contributed by atoms with E-state index >= 15 is 0 Å². The molecule has 2 aromatic rings. The Labute approximate surface area is 172 Å². The molecule has 29 heavy (non-hydrogen) atoms. The van der Waals surface area contributed by atoms with E-state index < -0.39 is 11.9 Å². The first kappa shape index (κ1) is 20.1. The van der Waals surface area contributed by atoms with Gasteiger partial charge in [0.05, 0.1) is 11.7 Å². The van der Waals surface area contributed by atoms with Crippen LogP contribution in [0.2, 0.25) is 0 Å². The summed E-state index contributed by atoms with van der Waals surface area (Å²) in [7, 11) is 0. The van der Waals surface area contributed by atoms with Gasteiger partial charge < -0.3 is 19.7 Å². The molecule has 2 aliphatic rings. The summed E-state index contributed by atoms with van der Waals surface area (Å²) >= 11 is 0. The van der Waals surface area contributed by atoms with E-state index in [4.69, 9.17) is 9.47 Å². The average Bonchev–Trinajstić information content (AvgIpc) is 2.94. The molecule has 0 bridgehead atoms. The Kier molecular flexibility index (Phi) is 5.52. The number of ether oxygens (including phenoxy) is 2. The summed E-state index contributed by atoms with van der Waals surface area (Å²) in [5, 5.41) is 21.0. The third kappa shape index (κ3) is 3.85. The zero-order chi connectivity index (χ0) is 20.6. The van der Waals surface area contributed by atoms with Gasteiger partial charge in [0, 0.05) is 0 Å². The van der Waals surface area contributed by atoms with Gasteiger partial charge in [-0.15, -0.1) is 0 Å². The van der Waals surface area contributed by atoms with Crippen LogP contribution in [0.3, 0.4) is 0 Å². The maximum Gasteiger partial charge on any atom is 0.186 e. The maximum atomic E-state index is 11.0. The van der Waals surface area contributed by atoms with E-state index in [2.05, 4.69) is 32.9 Å². The smallest absolute Gasteiger partial charge is 0.186 e. The van der Waals surface area contributed by atoms with Crippen molar-refractivity contribution in [3.8, 4) is 0 Å². The SMILES string of the molecule is Cc1cc(C)c(C2=C(OCc3ccccc3)[C@]3(CC[C@H](O)CC3)OC2O)c(C)c1. The minimum absolute atomic E-state index is 0.316. The van der Waals surface area contributed by atoms with Gasteiger partial charge in [-0.3, -0.25) is 0 Å². The van der Waals surface area contributed by atoms with Gasteiger partial charge >= 0.3 is 0 Å². The number of aliphatic hydroxyl groups is 2. The van der Waals surface area contributed by atoms with Crippen LogP contribution in [0.15, 0.2) is 48.2 Å². The van der Waals surface area contributed by atoms with E-state index in [1.54, 1.807) is 0 Å². The number of aliphatic hydroxyl groups excluding tert-OH is 2. The number of hydrogen-bond donors (Lipinski definition) is 2. The Morgan fingerprint density at radius 1 is 1.00 bits per heavy atom. The molecule has 1 unspecified atom stereocenters. The zero-order valence-corrected chi connectivity index (χ0v) is 17.4. The third-order valence-electron chi connectivity index (χ3n) is 6.18. The van der Waals surface area contributed by atoms with Gasteiger partial charge in [-0.05, 0) is 68.7 Å². The first-order valence-electron chi connectivity index (χ1n) is 10.4. The summed E-state index contributed by atoms with van der Waals surface area (Å²) in [6, 6.07) is 14.3. The Bertz CT molecular complexity index is 885. The molecule has 154 valence electrons. The predicted molar refractivity (Wildman–Crippen MR) is 113 cm³/mol. The second-order valence-corrected chi connectivity index (χ2v) is 8.49. The van der Waals surface area contributed by atoms with Crippen molar-refractivity contribution in [3.63, 3.8) is 0 Å². The monoisotopic (exact) mass is 394 g/mol. The van der Waals surface area contributed by atoms with Crippen molar-refractivity contribution in [2.45, 2.75) is 71.1 Å². The molecule has 1 aliphatic carbocycles. The van der Waals surface area contributed by atoms with Crippen molar-refractivity contribution in [3.05, 3.63) is 76.0 Å². The molecule has 2 aromatic carbocycles. The van der Waals surface area contributed by atoms with Crippen LogP contribution in [0, 0.1) is 20.8 Å². The molecule has 0 amide bonds. The zero-order valence-electron chi connectivity index (χ0n) is 17.4. The van der Waals surface area contributed by atoms with Crippen molar-refractivity contribution >= 4 is 5.57 Å².